The van der Waals surface area contributed by atoms with Gasteiger partial charge in [-0.1, -0.05) is 11.6 Å². The zero-order chi connectivity index (χ0) is 12.6. The Morgan fingerprint density at radius 1 is 1.47 bits per heavy atom. The molecule has 1 heterocycles. The average Bonchev–Trinajstić information content (AvgIpc) is 2.29. The molecule has 0 aliphatic carbocycles. The molecule has 0 saturated carbocycles. The molecule has 1 saturated heterocycles. The van der Waals surface area contributed by atoms with Crippen molar-refractivity contribution in [2.75, 3.05) is 11.4 Å². The Morgan fingerprint density at radius 2 is 2.18 bits per heavy atom. The molecule has 4 nitrogen and oxygen atoms in total. The Hall–Kier alpha value is -1.62. The van der Waals surface area contributed by atoms with Crippen LogP contribution in [0.1, 0.15) is 6.92 Å². The Labute approximate surface area is 102 Å². The molecule has 1 atom stereocenters. The highest BCUT2D eigenvalue weighted by Crippen LogP contribution is 2.24. The largest absolute Gasteiger partial charge is 0.345 e. The van der Waals surface area contributed by atoms with Crippen LogP contribution in [0.4, 0.5) is 10.1 Å². The van der Waals surface area contributed by atoms with Crippen molar-refractivity contribution in [2.45, 2.75) is 13.0 Å². The summed E-state index contributed by atoms with van der Waals surface area (Å²) in [5, 5.41) is 2.44. The van der Waals surface area contributed by atoms with Gasteiger partial charge in [0.15, 0.2) is 0 Å². The number of benzene rings is 1. The van der Waals surface area contributed by atoms with Gasteiger partial charge in [-0.05, 0) is 25.1 Å². The van der Waals surface area contributed by atoms with E-state index in [2.05, 4.69) is 5.32 Å². The van der Waals surface area contributed by atoms with E-state index in [1.54, 1.807) is 6.92 Å². The van der Waals surface area contributed by atoms with Gasteiger partial charge in [0.2, 0.25) is 11.8 Å². The third kappa shape index (κ3) is 2.10. The summed E-state index contributed by atoms with van der Waals surface area (Å²) >= 11 is 5.56. The molecule has 6 heteroatoms. The smallest absolute Gasteiger partial charge is 0.247 e. The number of piperazine rings is 1. The summed E-state index contributed by atoms with van der Waals surface area (Å²) in [7, 11) is 0. The Bertz CT molecular complexity index is 492. The summed E-state index contributed by atoms with van der Waals surface area (Å²) in [6.45, 7) is 1.51. The molecule has 1 fully saturated rings. The number of hydrogen-bond acceptors (Lipinski definition) is 2. The van der Waals surface area contributed by atoms with Crippen LogP contribution in [0.25, 0.3) is 0 Å². The van der Waals surface area contributed by atoms with Crippen LogP contribution in [0.3, 0.4) is 0 Å². The fourth-order valence-corrected chi connectivity index (χ4v) is 1.85. The second-order valence-corrected chi connectivity index (χ2v) is 4.16. The maximum Gasteiger partial charge on any atom is 0.247 e. The number of carbonyl (C=O) groups excluding carboxylic acids is 2. The quantitative estimate of drug-likeness (QED) is 0.824. The van der Waals surface area contributed by atoms with Gasteiger partial charge in [-0.25, -0.2) is 4.39 Å². The van der Waals surface area contributed by atoms with Crippen molar-refractivity contribution in [3.63, 3.8) is 0 Å². The zero-order valence-electron chi connectivity index (χ0n) is 9.04. The van der Waals surface area contributed by atoms with Gasteiger partial charge in [-0.2, -0.15) is 0 Å². The molecule has 0 spiro atoms. The van der Waals surface area contributed by atoms with E-state index in [0.29, 0.717) is 5.69 Å². The summed E-state index contributed by atoms with van der Waals surface area (Å²) in [5.74, 6) is -1.16. The number of amides is 2. The van der Waals surface area contributed by atoms with Gasteiger partial charge in [0.25, 0.3) is 0 Å². The van der Waals surface area contributed by atoms with Gasteiger partial charge in [0.1, 0.15) is 11.9 Å². The molecule has 2 amide bonds. The van der Waals surface area contributed by atoms with Crippen molar-refractivity contribution in [1.82, 2.24) is 5.32 Å². The van der Waals surface area contributed by atoms with E-state index in [-0.39, 0.29) is 23.4 Å². The van der Waals surface area contributed by atoms with Crippen molar-refractivity contribution in [3.8, 4) is 0 Å². The van der Waals surface area contributed by atoms with Crippen LogP contribution in [0.2, 0.25) is 5.02 Å². The molecule has 0 aromatic heterocycles. The minimum Gasteiger partial charge on any atom is -0.345 e. The first-order valence-corrected chi connectivity index (χ1v) is 5.43. The lowest BCUT2D eigenvalue weighted by molar-refractivity contribution is -0.130. The van der Waals surface area contributed by atoms with E-state index in [4.69, 9.17) is 11.6 Å². The van der Waals surface area contributed by atoms with E-state index < -0.39 is 11.9 Å². The SMILES string of the molecule is CC1C(=O)NCC(=O)N1c1ccc(Cl)c(F)c1. The van der Waals surface area contributed by atoms with Crippen molar-refractivity contribution in [3.05, 3.63) is 29.0 Å². The van der Waals surface area contributed by atoms with Crippen molar-refractivity contribution in [2.24, 2.45) is 0 Å². The molecule has 0 bridgehead atoms. The molecule has 90 valence electrons. The summed E-state index contributed by atoms with van der Waals surface area (Å²) in [6.07, 6.45) is 0. The van der Waals surface area contributed by atoms with Gasteiger partial charge >= 0.3 is 0 Å². The van der Waals surface area contributed by atoms with E-state index in [0.717, 1.165) is 6.07 Å². The van der Waals surface area contributed by atoms with Gasteiger partial charge in [-0.15, -0.1) is 0 Å². The lowest BCUT2D eigenvalue weighted by atomic mass is 10.1. The second-order valence-electron chi connectivity index (χ2n) is 3.76. The number of carbonyl (C=O) groups is 2. The number of nitrogens with one attached hydrogen (secondary N) is 1. The van der Waals surface area contributed by atoms with Gasteiger partial charge < -0.3 is 5.32 Å². The zero-order valence-corrected chi connectivity index (χ0v) is 9.79. The highest BCUT2D eigenvalue weighted by atomic mass is 35.5. The number of anilines is 1. The monoisotopic (exact) mass is 256 g/mol. The second kappa shape index (κ2) is 4.33. The van der Waals surface area contributed by atoms with Gasteiger partial charge in [0, 0.05) is 5.69 Å². The predicted molar refractivity (Wildman–Crippen MR) is 61.4 cm³/mol. The Balaban J connectivity index is 2.39. The normalized spacial score (nSPS) is 20.4. The van der Waals surface area contributed by atoms with E-state index in [1.807, 2.05) is 0 Å². The van der Waals surface area contributed by atoms with Gasteiger partial charge in [-0.3, -0.25) is 14.5 Å². The first-order chi connectivity index (χ1) is 8.00. The molecule has 1 aliphatic rings. The summed E-state index contributed by atoms with van der Waals surface area (Å²) in [5.41, 5.74) is 0.333. The lowest BCUT2D eigenvalue weighted by Crippen LogP contribution is -2.57. The van der Waals surface area contributed by atoms with Crippen LogP contribution in [-0.4, -0.2) is 24.4 Å². The van der Waals surface area contributed by atoms with Crippen molar-refractivity contribution in [1.29, 1.82) is 0 Å². The van der Waals surface area contributed by atoms with E-state index >= 15 is 0 Å². The molecule has 1 unspecified atom stereocenters. The number of halogens is 2. The molecule has 17 heavy (non-hydrogen) atoms. The summed E-state index contributed by atoms with van der Waals surface area (Å²) in [4.78, 5) is 24.4. The van der Waals surface area contributed by atoms with Crippen molar-refractivity contribution < 1.29 is 14.0 Å². The molecule has 2 rings (SSSR count). The number of rotatable bonds is 1. The topological polar surface area (TPSA) is 49.4 Å². The predicted octanol–water partition coefficient (Wildman–Crippen LogP) is 1.33. The summed E-state index contributed by atoms with van der Waals surface area (Å²) in [6, 6.07) is 3.36. The van der Waals surface area contributed by atoms with Crippen molar-refractivity contribution >= 4 is 29.1 Å². The van der Waals surface area contributed by atoms with E-state index in [1.165, 1.54) is 17.0 Å². The molecule has 0 radical (unpaired) electrons. The third-order valence-corrected chi connectivity index (χ3v) is 2.94. The Kier molecular flexibility index (Phi) is 3.02. The van der Waals surface area contributed by atoms with Crippen LogP contribution in [0.5, 0.6) is 0 Å². The highest BCUT2D eigenvalue weighted by Gasteiger charge is 2.32. The summed E-state index contributed by atoms with van der Waals surface area (Å²) < 4.78 is 13.3. The number of hydrogen-bond donors (Lipinski definition) is 1. The fraction of sp³-hybridized carbons (Fsp3) is 0.273. The third-order valence-electron chi connectivity index (χ3n) is 2.63. The van der Waals surface area contributed by atoms with Gasteiger partial charge in [0.05, 0.1) is 11.6 Å². The van der Waals surface area contributed by atoms with Crippen LogP contribution in [-0.2, 0) is 9.59 Å². The first kappa shape index (κ1) is 11.9. The van der Waals surface area contributed by atoms with Crippen LogP contribution < -0.4 is 10.2 Å². The molecule has 1 aromatic carbocycles. The molecular formula is C11H10ClFN2O2. The lowest BCUT2D eigenvalue weighted by Gasteiger charge is -2.32. The maximum atomic E-state index is 13.3. The minimum absolute atomic E-state index is 0.0182. The number of nitrogens with zero attached hydrogens (tertiary/aromatic N) is 1. The average molecular weight is 257 g/mol. The van der Waals surface area contributed by atoms with Crippen LogP contribution in [0, 0.1) is 5.82 Å². The maximum absolute atomic E-state index is 13.3. The Morgan fingerprint density at radius 3 is 2.82 bits per heavy atom. The van der Waals surface area contributed by atoms with E-state index in [9.17, 15) is 14.0 Å². The first-order valence-electron chi connectivity index (χ1n) is 5.05. The van der Waals surface area contributed by atoms with Crippen LogP contribution in [0.15, 0.2) is 18.2 Å². The molecule has 1 aliphatic heterocycles. The fourth-order valence-electron chi connectivity index (χ4n) is 1.73. The molecule has 1 N–H and O–H groups in total. The minimum atomic E-state index is -0.656. The molecule has 1 aromatic rings. The highest BCUT2D eigenvalue weighted by molar-refractivity contribution is 6.30. The van der Waals surface area contributed by atoms with Crippen LogP contribution >= 0.6 is 11.6 Å². The molecular weight excluding hydrogens is 247 g/mol. The standard InChI is InChI=1S/C11H10ClFN2O2/c1-6-11(17)14-5-10(16)15(6)7-2-3-8(12)9(13)4-7/h2-4,6H,5H2,1H3,(H,14,17).